The van der Waals surface area contributed by atoms with Crippen LogP contribution in [0.15, 0.2) is 60.8 Å². The largest absolute Gasteiger partial charge is 0.339 e. The van der Waals surface area contributed by atoms with Crippen molar-refractivity contribution in [3.63, 3.8) is 0 Å². The number of fused-ring (bicyclic) bond motifs is 1. The molecule has 0 bridgehead atoms. The van der Waals surface area contributed by atoms with Crippen LogP contribution in [0, 0.1) is 0 Å². The van der Waals surface area contributed by atoms with Gasteiger partial charge in [-0.2, -0.15) is 0 Å². The number of benzene rings is 2. The van der Waals surface area contributed by atoms with Crippen LogP contribution in [0.25, 0.3) is 17.1 Å². The van der Waals surface area contributed by atoms with Crippen LogP contribution in [-0.2, 0) is 4.79 Å². The van der Waals surface area contributed by atoms with Crippen molar-refractivity contribution in [2.75, 3.05) is 5.32 Å². The first-order chi connectivity index (χ1) is 11.2. The Balaban J connectivity index is 1.81. The quantitative estimate of drug-likeness (QED) is 0.392. The monoisotopic (exact) mass is 306 g/mol. The summed E-state index contributed by atoms with van der Waals surface area (Å²) in [5.41, 5.74) is 4.83. The van der Waals surface area contributed by atoms with Crippen molar-refractivity contribution in [3.05, 3.63) is 66.4 Å². The Hall–Kier alpha value is -3.25. The Morgan fingerprint density at radius 2 is 1.91 bits per heavy atom. The van der Waals surface area contributed by atoms with Gasteiger partial charge < -0.3 is 5.32 Å². The van der Waals surface area contributed by atoms with E-state index in [1.165, 1.54) is 6.08 Å². The van der Waals surface area contributed by atoms with Crippen LogP contribution in [0.5, 0.6) is 0 Å². The van der Waals surface area contributed by atoms with Gasteiger partial charge >= 0.3 is 0 Å². The third kappa shape index (κ3) is 3.69. The SMILES string of the molecule is O=C(/C=C/c1cccc(Nc2cnc3ccccc3n2)c1)NO. The van der Waals surface area contributed by atoms with Crippen molar-refractivity contribution in [1.82, 2.24) is 15.4 Å². The van der Waals surface area contributed by atoms with E-state index in [1.807, 2.05) is 48.5 Å². The van der Waals surface area contributed by atoms with Crippen LogP contribution in [-0.4, -0.2) is 21.1 Å². The van der Waals surface area contributed by atoms with Gasteiger partial charge in [-0.3, -0.25) is 15.0 Å². The fourth-order valence-corrected chi connectivity index (χ4v) is 2.09. The second kappa shape index (κ2) is 6.67. The van der Waals surface area contributed by atoms with Crippen LogP contribution >= 0.6 is 0 Å². The summed E-state index contributed by atoms with van der Waals surface area (Å²) in [7, 11) is 0. The first-order valence-electron chi connectivity index (χ1n) is 6.95. The second-order valence-corrected chi connectivity index (χ2v) is 4.80. The maximum absolute atomic E-state index is 11.0. The lowest BCUT2D eigenvalue weighted by atomic mass is 10.2. The van der Waals surface area contributed by atoms with Crippen molar-refractivity contribution in [1.29, 1.82) is 0 Å². The summed E-state index contributed by atoms with van der Waals surface area (Å²) in [6.07, 6.45) is 4.52. The molecule has 1 aromatic heterocycles. The van der Waals surface area contributed by atoms with Crippen LogP contribution in [0.3, 0.4) is 0 Å². The molecular formula is C17H14N4O2. The zero-order valence-corrected chi connectivity index (χ0v) is 12.1. The summed E-state index contributed by atoms with van der Waals surface area (Å²) in [6.45, 7) is 0. The molecule has 0 saturated heterocycles. The molecule has 3 N–H and O–H groups in total. The number of rotatable bonds is 4. The molecule has 0 spiro atoms. The van der Waals surface area contributed by atoms with Gasteiger partial charge in [-0.05, 0) is 35.9 Å². The zero-order chi connectivity index (χ0) is 16.1. The van der Waals surface area contributed by atoms with Crippen LogP contribution < -0.4 is 10.8 Å². The normalized spacial score (nSPS) is 10.8. The van der Waals surface area contributed by atoms with Crippen molar-refractivity contribution in [2.24, 2.45) is 0 Å². The molecule has 0 aliphatic rings. The minimum Gasteiger partial charge on any atom is -0.339 e. The average molecular weight is 306 g/mol. The predicted octanol–water partition coefficient (Wildman–Crippen LogP) is 2.89. The van der Waals surface area contributed by atoms with E-state index in [9.17, 15) is 4.79 Å². The van der Waals surface area contributed by atoms with Gasteiger partial charge in [0.2, 0.25) is 0 Å². The molecule has 6 nitrogen and oxygen atoms in total. The molecule has 1 heterocycles. The fourth-order valence-electron chi connectivity index (χ4n) is 2.09. The zero-order valence-electron chi connectivity index (χ0n) is 12.1. The van der Waals surface area contributed by atoms with Crippen molar-refractivity contribution >= 4 is 34.5 Å². The summed E-state index contributed by atoms with van der Waals surface area (Å²) in [4.78, 5) is 19.9. The van der Waals surface area contributed by atoms with Gasteiger partial charge in [0, 0.05) is 11.8 Å². The maximum Gasteiger partial charge on any atom is 0.267 e. The number of carbonyl (C=O) groups excluding carboxylic acids is 1. The van der Waals surface area contributed by atoms with E-state index in [0.717, 1.165) is 22.3 Å². The number of anilines is 2. The number of nitrogens with zero attached hydrogens (tertiary/aromatic N) is 2. The van der Waals surface area contributed by atoms with E-state index in [1.54, 1.807) is 17.8 Å². The molecule has 0 saturated carbocycles. The lowest BCUT2D eigenvalue weighted by molar-refractivity contribution is -0.124. The van der Waals surface area contributed by atoms with Crippen molar-refractivity contribution in [3.8, 4) is 0 Å². The molecule has 114 valence electrons. The number of para-hydroxylation sites is 2. The molecule has 0 fully saturated rings. The van der Waals surface area contributed by atoms with Gasteiger partial charge in [0.1, 0.15) is 5.82 Å². The Kier molecular flexibility index (Phi) is 4.26. The third-order valence-electron chi connectivity index (χ3n) is 3.14. The molecule has 1 amide bonds. The third-order valence-corrected chi connectivity index (χ3v) is 3.14. The number of nitrogens with one attached hydrogen (secondary N) is 2. The van der Waals surface area contributed by atoms with Crippen molar-refractivity contribution < 1.29 is 10.0 Å². The Morgan fingerprint density at radius 1 is 1.09 bits per heavy atom. The van der Waals surface area contributed by atoms with Crippen LogP contribution in [0.2, 0.25) is 0 Å². The molecule has 0 aliphatic carbocycles. The molecule has 6 heteroatoms. The molecule has 0 atom stereocenters. The van der Waals surface area contributed by atoms with Crippen molar-refractivity contribution in [2.45, 2.75) is 0 Å². The minimum atomic E-state index is -0.580. The van der Waals surface area contributed by atoms with Crippen LogP contribution in [0.1, 0.15) is 5.56 Å². The standard InChI is InChI=1S/C17H14N4O2/c22-17(21-23)9-8-12-4-3-5-13(10-12)19-16-11-18-14-6-1-2-7-15(14)20-16/h1-11,23H,(H,19,20)(H,21,22)/b9-8+. The summed E-state index contributed by atoms with van der Waals surface area (Å²) >= 11 is 0. The van der Waals surface area contributed by atoms with Gasteiger partial charge in [-0.25, -0.2) is 10.5 Å². The lowest BCUT2D eigenvalue weighted by Crippen LogP contribution is -2.14. The highest BCUT2D eigenvalue weighted by Gasteiger charge is 2.00. The summed E-state index contributed by atoms with van der Waals surface area (Å²) in [6, 6.07) is 15.1. The molecule has 2 aromatic carbocycles. The Labute approximate surface area is 132 Å². The molecule has 0 radical (unpaired) electrons. The van der Waals surface area contributed by atoms with Gasteiger partial charge in [-0.1, -0.05) is 24.3 Å². The molecule has 23 heavy (non-hydrogen) atoms. The predicted molar refractivity (Wildman–Crippen MR) is 88.2 cm³/mol. The highest BCUT2D eigenvalue weighted by molar-refractivity contribution is 5.91. The second-order valence-electron chi connectivity index (χ2n) is 4.80. The van der Waals surface area contributed by atoms with E-state index in [2.05, 4.69) is 15.3 Å². The van der Waals surface area contributed by atoms with E-state index in [0.29, 0.717) is 5.82 Å². The number of aromatic nitrogens is 2. The summed E-state index contributed by atoms with van der Waals surface area (Å²) in [5.74, 6) is 0.0571. The highest BCUT2D eigenvalue weighted by atomic mass is 16.5. The molecule has 0 unspecified atom stereocenters. The summed E-state index contributed by atoms with van der Waals surface area (Å²) in [5, 5.41) is 11.7. The number of carbonyl (C=O) groups is 1. The number of hydrogen-bond donors (Lipinski definition) is 3. The Bertz CT molecular complexity index is 877. The number of hydroxylamine groups is 1. The van der Waals surface area contributed by atoms with Gasteiger partial charge in [0.25, 0.3) is 5.91 Å². The first kappa shape index (κ1) is 14.7. The lowest BCUT2D eigenvalue weighted by Gasteiger charge is -2.07. The average Bonchev–Trinajstić information content (AvgIpc) is 2.60. The highest BCUT2D eigenvalue weighted by Crippen LogP contribution is 2.18. The molecular weight excluding hydrogens is 292 g/mol. The topological polar surface area (TPSA) is 87.1 Å². The van der Waals surface area contributed by atoms with E-state index < -0.39 is 5.91 Å². The number of hydrogen-bond acceptors (Lipinski definition) is 5. The van der Waals surface area contributed by atoms with E-state index in [-0.39, 0.29) is 0 Å². The summed E-state index contributed by atoms with van der Waals surface area (Å²) < 4.78 is 0. The van der Waals surface area contributed by atoms with Crippen LogP contribution in [0.4, 0.5) is 11.5 Å². The van der Waals surface area contributed by atoms with Gasteiger partial charge in [0.15, 0.2) is 0 Å². The molecule has 0 aliphatic heterocycles. The fraction of sp³-hybridized carbons (Fsp3) is 0. The Morgan fingerprint density at radius 3 is 2.74 bits per heavy atom. The molecule has 3 rings (SSSR count). The minimum absolute atomic E-state index is 0.580. The number of amides is 1. The van der Waals surface area contributed by atoms with E-state index >= 15 is 0 Å². The molecule has 3 aromatic rings. The smallest absolute Gasteiger partial charge is 0.267 e. The van der Waals surface area contributed by atoms with Gasteiger partial charge in [-0.15, -0.1) is 0 Å². The van der Waals surface area contributed by atoms with Gasteiger partial charge in [0.05, 0.1) is 17.2 Å². The maximum atomic E-state index is 11.0. The first-order valence-corrected chi connectivity index (χ1v) is 6.95. The van der Waals surface area contributed by atoms with E-state index in [4.69, 9.17) is 5.21 Å².